The highest BCUT2D eigenvalue weighted by molar-refractivity contribution is 5.88. The molecule has 2 amide bonds. The standard InChI is InChI=1S/C26H36N2O4/c1-18(2)15-27-26(30)20(5)28(16-21-11-13-22(31-6)14-12-21)25(29)17-32-24-10-8-7-9-23(24)19(3)4/h7-14,18-20H,15-17H2,1-6H3,(H,27,30)/t20-/m0/s1. The molecule has 0 saturated heterocycles. The highest BCUT2D eigenvalue weighted by Crippen LogP contribution is 2.26. The van der Waals surface area contributed by atoms with Crippen molar-refractivity contribution in [1.82, 2.24) is 10.2 Å². The molecule has 0 fully saturated rings. The van der Waals surface area contributed by atoms with Crippen LogP contribution in [0.15, 0.2) is 48.5 Å². The van der Waals surface area contributed by atoms with Gasteiger partial charge >= 0.3 is 0 Å². The first kappa shape index (κ1) is 25.2. The highest BCUT2D eigenvalue weighted by Gasteiger charge is 2.27. The Morgan fingerprint density at radius 1 is 0.969 bits per heavy atom. The summed E-state index contributed by atoms with van der Waals surface area (Å²) in [7, 11) is 1.61. The second kappa shape index (κ2) is 12.1. The molecule has 0 aromatic heterocycles. The Balaban J connectivity index is 2.18. The van der Waals surface area contributed by atoms with Gasteiger partial charge in [0, 0.05) is 13.1 Å². The Bertz CT molecular complexity index is 878. The summed E-state index contributed by atoms with van der Waals surface area (Å²) in [6.45, 7) is 10.7. The van der Waals surface area contributed by atoms with Gasteiger partial charge in [0.2, 0.25) is 5.91 Å². The quantitative estimate of drug-likeness (QED) is 0.563. The van der Waals surface area contributed by atoms with Crippen molar-refractivity contribution in [3.05, 3.63) is 59.7 Å². The summed E-state index contributed by atoms with van der Waals surface area (Å²) in [5, 5.41) is 2.93. The van der Waals surface area contributed by atoms with E-state index in [9.17, 15) is 9.59 Å². The van der Waals surface area contributed by atoms with Crippen molar-refractivity contribution in [3.8, 4) is 11.5 Å². The molecule has 6 heteroatoms. The Kier molecular flexibility index (Phi) is 9.57. The van der Waals surface area contributed by atoms with Gasteiger partial charge in [-0.25, -0.2) is 0 Å². The number of nitrogens with zero attached hydrogens (tertiary/aromatic N) is 1. The molecule has 1 N–H and O–H groups in total. The average molecular weight is 441 g/mol. The fraction of sp³-hybridized carbons (Fsp3) is 0.462. The van der Waals surface area contributed by atoms with Gasteiger partial charge in [-0.15, -0.1) is 0 Å². The smallest absolute Gasteiger partial charge is 0.261 e. The van der Waals surface area contributed by atoms with E-state index in [1.807, 2.05) is 62.4 Å². The van der Waals surface area contributed by atoms with E-state index in [1.54, 1.807) is 18.9 Å². The van der Waals surface area contributed by atoms with Gasteiger partial charge in [-0.05, 0) is 48.1 Å². The minimum atomic E-state index is -0.632. The molecule has 1 atom stereocenters. The van der Waals surface area contributed by atoms with Crippen molar-refractivity contribution in [1.29, 1.82) is 0 Å². The minimum absolute atomic E-state index is 0.137. The second-order valence-electron chi connectivity index (χ2n) is 8.67. The second-order valence-corrected chi connectivity index (χ2v) is 8.67. The van der Waals surface area contributed by atoms with Crippen molar-refractivity contribution < 1.29 is 19.1 Å². The number of hydrogen-bond acceptors (Lipinski definition) is 4. The largest absolute Gasteiger partial charge is 0.497 e. The van der Waals surface area contributed by atoms with E-state index in [-0.39, 0.29) is 24.3 Å². The Hall–Kier alpha value is -3.02. The summed E-state index contributed by atoms with van der Waals surface area (Å²) < 4.78 is 11.1. The summed E-state index contributed by atoms with van der Waals surface area (Å²) in [4.78, 5) is 27.5. The number of para-hydroxylation sites is 1. The zero-order valence-electron chi connectivity index (χ0n) is 20.1. The van der Waals surface area contributed by atoms with Crippen LogP contribution < -0.4 is 14.8 Å². The molecular weight excluding hydrogens is 404 g/mol. The number of amides is 2. The van der Waals surface area contributed by atoms with Crippen molar-refractivity contribution >= 4 is 11.8 Å². The monoisotopic (exact) mass is 440 g/mol. The average Bonchev–Trinajstić information content (AvgIpc) is 2.79. The third-order valence-electron chi connectivity index (χ3n) is 5.26. The molecule has 32 heavy (non-hydrogen) atoms. The number of hydrogen-bond donors (Lipinski definition) is 1. The van der Waals surface area contributed by atoms with Crippen molar-refractivity contribution in [2.75, 3.05) is 20.3 Å². The van der Waals surface area contributed by atoms with E-state index in [0.717, 1.165) is 16.9 Å². The van der Waals surface area contributed by atoms with Gasteiger partial charge in [-0.1, -0.05) is 58.0 Å². The lowest BCUT2D eigenvalue weighted by Crippen LogP contribution is -2.49. The minimum Gasteiger partial charge on any atom is -0.497 e. The molecule has 0 radical (unpaired) electrons. The normalized spacial score (nSPS) is 11.9. The maximum Gasteiger partial charge on any atom is 0.261 e. The van der Waals surface area contributed by atoms with Crippen LogP contribution in [0.4, 0.5) is 0 Å². The predicted octanol–water partition coefficient (Wildman–Crippen LogP) is 4.39. The SMILES string of the molecule is COc1ccc(CN(C(=O)COc2ccccc2C(C)C)[C@@H](C)C(=O)NCC(C)C)cc1. The van der Waals surface area contributed by atoms with Crippen LogP contribution in [0.2, 0.25) is 0 Å². The third-order valence-corrected chi connectivity index (χ3v) is 5.26. The van der Waals surface area contributed by atoms with E-state index in [2.05, 4.69) is 19.2 Å². The molecule has 174 valence electrons. The van der Waals surface area contributed by atoms with E-state index in [0.29, 0.717) is 24.8 Å². The Labute approximate surface area is 191 Å². The number of methoxy groups -OCH3 is 1. The molecule has 0 heterocycles. The molecule has 6 nitrogen and oxygen atoms in total. The van der Waals surface area contributed by atoms with Gasteiger partial charge in [0.05, 0.1) is 7.11 Å². The molecular formula is C26H36N2O4. The molecule has 0 aliphatic heterocycles. The molecule has 0 aliphatic rings. The van der Waals surface area contributed by atoms with Crippen molar-refractivity contribution in [2.45, 2.75) is 53.1 Å². The van der Waals surface area contributed by atoms with Crippen LogP contribution in [-0.4, -0.2) is 43.0 Å². The van der Waals surface area contributed by atoms with Gasteiger partial charge in [0.1, 0.15) is 17.5 Å². The molecule has 0 aliphatic carbocycles. The van der Waals surface area contributed by atoms with Crippen LogP contribution in [0.3, 0.4) is 0 Å². The Morgan fingerprint density at radius 2 is 1.62 bits per heavy atom. The summed E-state index contributed by atoms with van der Waals surface area (Å²) in [5.41, 5.74) is 1.95. The zero-order valence-corrected chi connectivity index (χ0v) is 20.1. The lowest BCUT2D eigenvalue weighted by molar-refractivity contribution is -0.142. The molecule has 0 unspecified atom stereocenters. The number of rotatable bonds is 11. The van der Waals surface area contributed by atoms with E-state index in [4.69, 9.17) is 9.47 Å². The lowest BCUT2D eigenvalue weighted by Gasteiger charge is -2.29. The summed E-state index contributed by atoms with van der Waals surface area (Å²) in [6.07, 6.45) is 0. The first-order valence-corrected chi connectivity index (χ1v) is 11.1. The summed E-state index contributed by atoms with van der Waals surface area (Å²) in [5.74, 6) is 1.61. The van der Waals surface area contributed by atoms with Gasteiger partial charge in [0.15, 0.2) is 6.61 Å². The first-order valence-electron chi connectivity index (χ1n) is 11.1. The first-order chi connectivity index (χ1) is 15.2. The van der Waals surface area contributed by atoms with Crippen LogP contribution in [0, 0.1) is 5.92 Å². The number of ether oxygens (including phenoxy) is 2. The van der Waals surface area contributed by atoms with Crippen LogP contribution in [0.1, 0.15) is 51.7 Å². The van der Waals surface area contributed by atoms with Gasteiger partial charge in [-0.2, -0.15) is 0 Å². The highest BCUT2D eigenvalue weighted by atomic mass is 16.5. The fourth-order valence-corrected chi connectivity index (χ4v) is 3.27. The molecule has 0 saturated carbocycles. The van der Waals surface area contributed by atoms with E-state index < -0.39 is 6.04 Å². The van der Waals surface area contributed by atoms with E-state index >= 15 is 0 Å². The van der Waals surface area contributed by atoms with Crippen molar-refractivity contribution in [3.63, 3.8) is 0 Å². The molecule has 2 aromatic carbocycles. The third kappa shape index (κ3) is 7.29. The van der Waals surface area contributed by atoms with Gasteiger partial charge in [0.25, 0.3) is 5.91 Å². The summed E-state index contributed by atoms with van der Waals surface area (Å²) >= 11 is 0. The predicted molar refractivity (Wildman–Crippen MR) is 127 cm³/mol. The summed E-state index contributed by atoms with van der Waals surface area (Å²) in [6, 6.07) is 14.6. The van der Waals surface area contributed by atoms with Crippen molar-refractivity contribution in [2.24, 2.45) is 5.92 Å². The van der Waals surface area contributed by atoms with Crippen LogP contribution in [-0.2, 0) is 16.1 Å². The van der Waals surface area contributed by atoms with E-state index in [1.165, 1.54) is 0 Å². The van der Waals surface area contributed by atoms with Gasteiger partial charge < -0.3 is 19.7 Å². The fourth-order valence-electron chi connectivity index (χ4n) is 3.27. The number of carbonyl (C=O) groups excluding carboxylic acids is 2. The lowest BCUT2D eigenvalue weighted by atomic mass is 10.0. The van der Waals surface area contributed by atoms with Crippen LogP contribution in [0.5, 0.6) is 11.5 Å². The number of benzene rings is 2. The number of nitrogens with one attached hydrogen (secondary N) is 1. The maximum absolute atomic E-state index is 13.2. The maximum atomic E-state index is 13.2. The molecule has 2 aromatic rings. The molecule has 0 spiro atoms. The van der Waals surface area contributed by atoms with Crippen LogP contribution in [0.25, 0.3) is 0 Å². The molecule has 0 bridgehead atoms. The number of carbonyl (C=O) groups is 2. The Morgan fingerprint density at radius 3 is 2.22 bits per heavy atom. The topological polar surface area (TPSA) is 67.9 Å². The zero-order chi connectivity index (χ0) is 23.7. The molecule has 2 rings (SSSR count). The van der Waals surface area contributed by atoms with Crippen LogP contribution >= 0.6 is 0 Å². The van der Waals surface area contributed by atoms with Gasteiger partial charge in [-0.3, -0.25) is 9.59 Å².